The number of fused-ring (bicyclic) bond motifs is 5. The number of hydrogen-bond donors (Lipinski definition) is 1. The molecule has 5 unspecified atom stereocenters. The minimum atomic E-state index is -0.653. The normalized spacial score (nSPS) is 40.6. The van der Waals surface area contributed by atoms with Crippen molar-refractivity contribution in [3.8, 4) is 5.75 Å². The summed E-state index contributed by atoms with van der Waals surface area (Å²) in [6.07, 6.45) is 6.25. The molecule has 0 aromatic heterocycles. The third-order valence-electron chi connectivity index (χ3n) is 6.59. The van der Waals surface area contributed by atoms with E-state index >= 15 is 0 Å². The molecule has 2 heteroatoms. The Bertz CT molecular complexity index is 579. The summed E-state index contributed by atoms with van der Waals surface area (Å²) in [5, 5.41) is 11.6. The fourth-order valence-electron chi connectivity index (χ4n) is 6.04. The second-order valence-electron chi connectivity index (χ2n) is 7.65. The Labute approximate surface area is 127 Å². The predicted octanol–water partition coefficient (Wildman–Crippen LogP) is 3.96. The van der Waals surface area contributed by atoms with Crippen LogP contribution in [0.2, 0.25) is 0 Å². The molecule has 0 radical (unpaired) electrons. The van der Waals surface area contributed by atoms with Crippen LogP contribution >= 0.6 is 0 Å². The van der Waals surface area contributed by atoms with Crippen LogP contribution in [0.4, 0.5) is 0 Å². The van der Waals surface area contributed by atoms with E-state index < -0.39 is 5.60 Å². The van der Waals surface area contributed by atoms with Crippen LogP contribution in [-0.2, 0) is 5.60 Å². The maximum atomic E-state index is 11.6. The van der Waals surface area contributed by atoms with E-state index in [4.69, 9.17) is 4.74 Å². The lowest BCUT2D eigenvalue weighted by Gasteiger charge is -2.40. The molecule has 4 rings (SSSR count). The summed E-state index contributed by atoms with van der Waals surface area (Å²) in [7, 11) is 1.73. The Balaban J connectivity index is 1.80. The minimum absolute atomic E-state index is 0.449. The van der Waals surface area contributed by atoms with E-state index in [0.717, 1.165) is 35.5 Å². The zero-order valence-corrected chi connectivity index (χ0v) is 13.4. The third-order valence-corrected chi connectivity index (χ3v) is 6.59. The lowest BCUT2D eigenvalue weighted by atomic mass is 9.69. The highest BCUT2D eigenvalue weighted by Crippen LogP contribution is 2.66. The fourth-order valence-corrected chi connectivity index (χ4v) is 6.04. The maximum absolute atomic E-state index is 11.6. The van der Waals surface area contributed by atoms with Crippen LogP contribution in [0.5, 0.6) is 5.75 Å². The highest BCUT2D eigenvalue weighted by Gasteiger charge is 2.61. The van der Waals surface area contributed by atoms with E-state index in [1.54, 1.807) is 7.11 Å². The zero-order valence-electron chi connectivity index (χ0n) is 13.4. The number of aryl methyl sites for hydroxylation is 2. The Morgan fingerprint density at radius 1 is 1.19 bits per heavy atom. The summed E-state index contributed by atoms with van der Waals surface area (Å²) in [6.45, 7) is 4.22. The van der Waals surface area contributed by atoms with Gasteiger partial charge in [-0.2, -0.15) is 0 Å². The first-order valence-electron chi connectivity index (χ1n) is 8.42. The minimum Gasteiger partial charge on any atom is -0.496 e. The van der Waals surface area contributed by atoms with Gasteiger partial charge >= 0.3 is 0 Å². The first kappa shape index (κ1) is 13.6. The molecule has 3 aliphatic carbocycles. The van der Waals surface area contributed by atoms with E-state index in [0.29, 0.717) is 5.92 Å². The quantitative estimate of drug-likeness (QED) is 0.892. The van der Waals surface area contributed by atoms with Crippen molar-refractivity contribution in [1.29, 1.82) is 0 Å². The van der Waals surface area contributed by atoms with Crippen LogP contribution in [0.1, 0.15) is 48.8 Å². The van der Waals surface area contributed by atoms with Crippen molar-refractivity contribution in [1.82, 2.24) is 0 Å². The number of methoxy groups -OCH3 is 1. The summed E-state index contributed by atoms with van der Waals surface area (Å²) < 4.78 is 5.64. The lowest BCUT2D eigenvalue weighted by Crippen LogP contribution is -2.39. The second kappa shape index (κ2) is 4.49. The summed E-state index contributed by atoms with van der Waals surface area (Å²) >= 11 is 0. The van der Waals surface area contributed by atoms with Gasteiger partial charge in [0.1, 0.15) is 5.75 Å². The fraction of sp³-hybridized carbons (Fsp3) is 0.684. The van der Waals surface area contributed by atoms with Gasteiger partial charge in [0.25, 0.3) is 0 Å². The number of aliphatic hydroxyl groups is 1. The topological polar surface area (TPSA) is 29.5 Å². The molecule has 0 saturated heterocycles. The van der Waals surface area contributed by atoms with E-state index in [9.17, 15) is 5.11 Å². The Kier molecular flexibility index (Phi) is 2.91. The van der Waals surface area contributed by atoms with Gasteiger partial charge in [0, 0.05) is 5.56 Å². The monoisotopic (exact) mass is 286 g/mol. The first-order valence-corrected chi connectivity index (χ1v) is 8.42. The van der Waals surface area contributed by atoms with Gasteiger partial charge in [-0.05, 0) is 80.4 Å². The largest absolute Gasteiger partial charge is 0.496 e. The summed E-state index contributed by atoms with van der Waals surface area (Å²) in [5.41, 5.74) is 2.82. The average Bonchev–Trinajstić information content (AvgIpc) is 3.08. The van der Waals surface area contributed by atoms with Crippen molar-refractivity contribution < 1.29 is 9.84 Å². The molecule has 2 bridgehead atoms. The molecule has 0 amide bonds. The van der Waals surface area contributed by atoms with Gasteiger partial charge < -0.3 is 9.84 Å². The molecule has 0 spiro atoms. The molecular weight excluding hydrogens is 260 g/mol. The van der Waals surface area contributed by atoms with E-state index in [-0.39, 0.29) is 0 Å². The van der Waals surface area contributed by atoms with E-state index in [2.05, 4.69) is 26.0 Å². The number of hydrogen-bond acceptors (Lipinski definition) is 2. The highest BCUT2D eigenvalue weighted by molar-refractivity contribution is 5.48. The van der Waals surface area contributed by atoms with Gasteiger partial charge in [0.15, 0.2) is 0 Å². The summed E-state index contributed by atoms with van der Waals surface area (Å²) in [5.74, 6) is 3.71. The van der Waals surface area contributed by atoms with Gasteiger partial charge in [-0.25, -0.2) is 0 Å². The molecule has 3 fully saturated rings. The van der Waals surface area contributed by atoms with Crippen LogP contribution in [0.15, 0.2) is 12.1 Å². The van der Waals surface area contributed by atoms with Crippen molar-refractivity contribution in [3.63, 3.8) is 0 Å². The molecule has 114 valence electrons. The van der Waals surface area contributed by atoms with Crippen molar-refractivity contribution in [2.75, 3.05) is 7.11 Å². The van der Waals surface area contributed by atoms with Crippen LogP contribution < -0.4 is 4.74 Å². The van der Waals surface area contributed by atoms with Crippen molar-refractivity contribution >= 4 is 0 Å². The average molecular weight is 286 g/mol. The number of benzene rings is 1. The van der Waals surface area contributed by atoms with Crippen molar-refractivity contribution in [3.05, 3.63) is 28.8 Å². The van der Waals surface area contributed by atoms with Gasteiger partial charge in [-0.1, -0.05) is 12.5 Å². The van der Waals surface area contributed by atoms with E-state index in [1.807, 2.05) is 0 Å². The van der Waals surface area contributed by atoms with Crippen molar-refractivity contribution in [2.45, 2.75) is 51.6 Å². The van der Waals surface area contributed by atoms with Crippen LogP contribution in [0.3, 0.4) is 0 Å². The predicted molar refractivity (Wildman–Crippen MR) is 83.4 cm³/mol. The number of rotatable bonds is 2. The van der Waals surface area contributed by atoms with E-state index in [1.165, 1.54) is 36.8 Å². The Morgan fingerprint density at radius 3 is 2.71 bits per heavy atom. The van der Waals surface area contributed by atoms with Crippen LogP contribution in [0.25, 0.3) is 0 Å². The summed E-state index contributed by atoms with van der Waals surface area (Å²) in [4.78, 5) is 0. The molecular formula is C19H26O2. The molecule has 21 heavy (non-hydrogen) atoms. The molecule has 1 N–H and O–H groups in total. The molecule has 3 saturated carbocycles. The summed E-state index contributed by atoms with van der Waals surface area (Å²) in [6, 6.07) is 4.27. The molecule has 1 aromatic carbocycles. The van der Waals surface area contributed by atoms with Crippen LogP contribution in [-0.4, -0.2) is 12.2 Å². The molecule has 0 heterocycles. The standard InChI is InChI=1S/C19H26O2/c1-11-7-12(2)18(17(8-11)21-3)19(20)10-13-9-16(19)15-6-4-5-14(13)15/h7-8,13-16,20H,4-6,9-10H2,1-3H3. The smallest absolute Gasteiger partial charge is 0.125 e. The highest BCUT2D eigenvalue weighted by atomic mass is 16.5. The van der Waals surface area contributed by atoms with Gasteiger partial charge in [-0.15, -0.1) is 0 Å². The third kappa shape index (κ3) is 1.75. The molecule has 2 nitrogen and oxygen atoms in total. The Morgan fingerprint density at radius 2 is 1.95 bits per heavy atom. The number of ether oxygens (including phenoxy) is 1. The molecule has 0 aliphatic heterocycles. The van der Waals surface area contributed by atoms with Crippen molar-refractivity contribution in [2.24, 2.45) is 23.7 Å². The first-order chi connectivity index (χ1) is 10.0. The van der Waals surface area contributed by atoms with Gasteiger partial charge in [0.05, 0.1) is 12.7 Å². The molecule has 3 aliphatic rings. The zero-order chi connectivity index (χ0) is 14.8. The second-order valence-corrected chi connectivity index (χ2v) is 7.65. The molecule has 5 atom stereocenters. The SMILES string of the molecule is COc1cc(C)cc(C)c1C1(O)CC2CC1C1CCCC21. The lowest BCUT2D eigenvalue weighted by molar-refractivity contribution is -0.0531. The molecule has 1 aromatic rings. The van der Waals surface area contributed by atoms with Gasteiger partial charge in [-0.3, -0.25) is 0 Å². The van der Waals surface area contributed by atoms with Gasteiger partial charge in [0.2, 0.25) is 0 Å². The van der Waals surface area contributed by atoms with Crippen LogP contribution in [0, 0.1) is 37.5 Å². The Hall–Kier alpha value is -1.02. The maximum Gasteiger partial charge on any atom is 0.125 e.